The molecule has 0 spiro atoms. The highest BCUT2D eigenvalue weighted by Crippen LogP contribution is 2.34. The number of aryl methyl sites for hydroxylation is 1. The lowest BCUT2D eigenvalue weighted by Crippen LogP contribution is -2.27. The summed E-state index contributed by atoms with van der Waals surface area (Å²) >= 11 is 0. The first-order valence-corrected chi connectivity index (χ1v) is 9.11. The van der Waals surface area contributed by atoms with E-state index in [1.807, 2.05) is 13.8 Å². The van der Waals surface area contributed by atoms with Crippen LogP contribution in [0.5, 0.6) is 23.1 Å². The number of nitrogens with zero attached hydrogens (tertiary/aromatic N) is 3. The highest BCUT2D eigenvalue weighted by atomic mass is 19.1. The highest BCUT2D eigenvalue weighted by Gasteiger charge is 2.25. The number of aromatic hydroxyl groups is 2. The lowest BCUT2D eigenvalue weighted by Gasteiger charge is -2.20. The molecule has 9 heteroatoms. The van der Waals surface area contributed by atoms with E-state index >= 15 is 0 Å². The van der Waals surface area contributed by atoms with Gasteiger partial charge in [-0.05, 0) is 24.5 Å². The minimum Gasteiger partial charge on any atom is -0.505 e. The third-order valence-electron chi connectivity index (χ3n) is 4.27. The molecule has 1 amide bonds. The van der Waals surface area contributed by atoms with Crippen molar-refractivity contribution in [1.29, 1.82) is 0 Å². The molecule has 2 heterocycles. The van der Waals surface area contributed by atoms with Crippen LogP contribution >= 0.6 is 0 Å². The number of anilines is 1. The Labute approximate surface area is 167 Å². The second-order valence-corrected chi connectivity index (χ2v) is 7.14. The summed E-state index contributed by atoms with van der Waals surface area (Å²) in [6.45, 7) is 3.92. The zero-order valence-electron chi connectivity index (χ0n) is 16.3. The molecular weight excluding hydrogens is 379 g/mol. The molecule has 0 fully saturated rings. The average Bonchev–Trinajstić information content (AvgIpc) is 3.21. The zero-order valence-corrected chi connectivity index (χ0v) is 16.3. The summed E-state index contributed by atoms with van der Waals surface area (Å²) in [6.07, 6.45) is 3.57. The van der Waals surface area contributed by atoms with Crippen molar-refractivity contribution in [2.45, 2.75) is 26.3 Å². The zero-order chi connectivity index (χ0) is 21.1. The van der Waals surface area contributed by atoms with Crippen molar-refractivity contribution in [3.05, 3.63) is 48.5 Å². The van der Waals surface area contributed by atoms with Gasteiger partial charge in [0.15, 0.2) is 23.2 Å². The molecule has 0 saturated heterocycles. The molecule has 0 unspecified atom stereocenters. The van der Waals surface area contributed by atoms with Gasteiger partial charge in [-0.2, -0.15) is 9.49 Å². The number of hydrogen-bond acceptors (Lipinski definition) is 5. The number of halogens is 1. The van der Waals surface area contributed by atoms with Crippen molar-refractivity contribution in [2.75, 3.05) is 5.32 Å². The van der Waals surface area contributed by atoms with E-state index in [-0.39, 0.29) is 29.2 Å². The van der Waals surface area contributed by atoms with Crippen LogP contribution in [0.4, 0.5) is 10.2 Å². The predicted octanol–water partition coefficient (Wildman–Crippen LogP) is 3.79. The molecule has 1 aromatic carbocycles. The fourth-order valence-electron chi connectivity index (χ4n) is 2.94. The van der Waals surface area contributed by atoms with Gasteiger partial charge in [0.25, 0.3) is 0 Å². The molecule has 1 atom stereocenters. The largest absolute Gasteiger partial charge is 0.505 e. The lowest BCUT2D eigenvalue weighted by atomic mass is 10.0. The number of nitrogens with one attached hydrogen (secondary N) is 1. The van der Waals surface area contributed by atoms with Crippen LogP contribution in [0.1, 0.15) is 26.3 Å². The number of ether oxygens (including phenoxy) is 1. The van der Waals surface area contributed by atoms with E-state index in [1.165, 1.54) is 35.0 Å². The number of phenolic OH excluding ortho intramolecular Hbond substituents is 1. The average molecular weight is 402 g/mol. The number of carbonyl (C=O) groups excluding carboxylic acids is 1. The third-order valence-corrected chi connectivity index (χ3v) is 4.27. The first-order valence-electron chi connectivity index (χ1n) is 9.11. The summed E-state index contributed by atoms with van der Waals surface area (Å²) in [7, 11) is 1.74. The highest BCUT2D eigenvalue weighted by molar-refractivity contribution is 5.93. The van der Waals surface area contributed by atoms with Gasteiger partial charge in [-0.3, -0.25) is 9.48 Å². The monoisotopic (exact) mass is 402 g/mol. The number of carbonyl (C=O) groups is 1. The normalized spacial score (nSPS) is 12.2. The predicted molar refractivity (Wildman–Crippen MR) is 105 cm³/mol. The first kappa shape index (κ1) is 20.2. The SMILES string of the molecule is CC(C)C[C@@H](C(=O)Nc1ccn(C)n1)n1cc(Oc2cccc(O)c2F)cc1O. The molecule has 3 N–H and O–H groups in total. The van der Waals surface area contributed by atoms with Crippen LogP contribution in [-0.2, 0) is 11.8 Å². The minimum atomic E-state index is -0.911. The summed E-state index contributed by atoms with van der Waals surface area (Å²) in [5.74, 6) is -1.52. The Morgan fingerprint density at radius 1 is 1.31 bits per heavy atom. The van der Waals surface area contributed by atoms with E-state index in [9.17, 15) is 19.4 Å². The second kappa shape index (κ2) is 8.26. The van der Waals surface area contributed by atoms with E-state index in [0.717, 1.165) is 0 Å². The minimum absolute atomic E-state index is 0.131. The lowest BCUT2D eigenvalue weighted by molar-refractivity contribution is -0.119. The molecule has 0 bridgehead atoms. The van der Waals surface area contributed by atoms with Gasteiger partial charge in [0.05, 0.1) is 6.20 Å². The molecule has 0 aliphatic carbocycles. The van der Waals surface area contributed by atoms with Crippen molar-refractivity contribution in [2.24, 2.45) is 13.0 Å². The summed E-state index contributed by atoms with van der Waals surface area (Å²) < 4.78 is 22.4. The molecule has 8 nitrogen and oxygen atoms in total. The molecule has 29 heavy (non-hydrogen) atoms. The Balaban J connectivity index is 1.86. The Morgan fingerprint density at radius 2 is 2.07 bits per heavy atom. The maximum Gasteiger partial charge on any atom is 0.248 e. The van der Waals surface area contributed by atoms with E-state index in [1.54, 1.807) is 24.0 Å². The Kier molecular flexibility index (Phi) is 5.76. The van der Waals surface area contributed by atoms with Crippen LogP contribution in [0.25, 0.3) is 0 Å². The molecule has 3 rings (SSSR count). The molecule has 0 aliphatic heterocycles. The van der Waals surface area contributed by atoms with Crippen LogP contribution in [0.3, 0.4) is 0 Å². The van der Waals surface area contributed by atoms with Gasteiger partial charge < -0.3 is 24.8 Å². The number of benzene rings is 1. The van der Waals surface area contributed by atoms with E-state index in [0.29, 0.717) is 12.2 Å². The molecule has 2 aromatic heterocycles. The van der Waals surface area contributed by atoms with Gasteiger partial charge in [0.1, 0.15) is 11.8 Å². The summed E-state index contributed by atoms with van der Waals surface area (Å²) in [5, 5.41) is 26.7. The standard InChI is InChI=1S/C20H23FN4O4/c1-12(2)9-14(20(28)22-17-7-8-24(3)23-17)25-11-13(10-18(25)27)29-16-6-4-5-15(26)19(16)21/h4-8,10-12,14,26-27H,9H2,1-3H3,(H,22,23,28)/t14-/m0/s1. The number of phenols is 1. The Bertz CT molecular complexity index is 1010. The third kappa shape index (κ3) is 4.68. The number of amides is 1. The van der Waals surface area contributed by atoms with Gasteiger partial charge in [-0.15, -0.1) is 0 Å². The van der Waals surface area contributed by atoms with Crippen molar-refractivity contribution in [3.8, 4) is 23.1 Å². The number of rotatable bonds is 7. The van der Waals surface area contributed by atoms with Crippen LogP contribution in [0, 0.1) is 11.7 Å². The first-order chi connectivity index (χ1) is 13.7. The number of hydrogen-bond donors (Lipinski definition) is 3. The van der Waals surface area contributed by atoms with Crippen molar-refractivity contribution >= 4 is 11.7 Å². The van der Waals surface area contributed by atoms with Gasteiger partial charge >= 0.3 is 0 Å². The molecule has 0 aliphatic rings. The van der Waals surface area contributed by atoms with E-state index < -0.39 is 17.6 Å². The van der Waals surface area contributed by atoms with Gasteiger partial charge in [0.2, 0.25) is 11.7 Å². The molecule has 0 saturated carbocycles. The van der Waals surface area contributed by atoms with Crippen molar-refractivity contribution in [3.63, 3.8) is 0 Å². The number of aromatic nitrogens is 3. The molecule has 154 valence electrons. The fraction of sp³-hybridized carbons (Fsp3) is 0.300. The topological polar surface area (TPSA) is 102 Å². The van der Waals surface area contributed by atoms with Crippen LogP contribution < -0.4 is 10.1 Å². The Morgan fingerprint density at radius 3 is 2.72 bits per heavy atom. The Hall–Kier alpha value is -3.49. The van der Waals surface area contributed by atoms with Gasteiger partial charge in [0, 0.05) is 25.4 Å². The fourth-order valence-corrected chi connectivity index (χ4v) is 2.94. The van der Waals surface area contributed by atoms with Gasteiger partial charge in [-0.25, -0.2) is 0 Å². The van der Waals surface area contributed by atoms with E-state index in [2.05, 4.69) is 10.4 Å². The maximum absolute atomic E-state index is 14.0. The molecular formula is C20H23FN4O4. The summed E-state index contributed by atoms with van der Waals surface area (Å²) in [4.78, 5) is 12.9. The van der Waals surface area contributed by atoms with Crippen LogP contribution in [-0.4, -0.2) is 30.5 Å². The second-order valence-electron chi connectivity index (χ2n) is 7.14. The van der Waals surface area contributed by atoms with Crippen LogP contribution in [0.2, 0.25) is 0 Å². The van der Waals surface area contributed by atoms with E-state index in [4.69, 9.17) is 4.74 Å². The summed E-state index contributed by atoms with van der Waals surface area (Å²) in [6, 6.07) is 6.20. The van der Waals surface area contributed by atoms with Crippen molar-refractivity contribution < 1.29 is 24.1 Å². The maximum atomic E-state index is 14.0. The molecule has 0 radical (unpaired) electrons. The van der Waals surface area contributed by atoms with Crippen LogP contribution in [0.15, 0.2) is 42.7 Å². The summed E-state index contributed by atoms with van der Waals surface area (Å²) in [5.41, 5.74) is 0. The molecule has 3 aromatic rings. The van der Waals surface area contributed by atoms with Gasteiger partial charge in [-0.1, -0.05) is 19.9 Å². The quantitative estimate of drug-likeness (QED) is 0.558. The van der Waals surface area contributed by atoms with Crippen molar-refractivity contribution in [1.82, 2.24) is 14.3 Å². The smallest absolute Gasteiger partial charge is 0.248 e.